The second kappa shape index (κ2) is 10.8. The van der Waals surface area contributed by atoms with Gasteiger partial charge in [-0.1, -0.05) is 18.2 Å². The third-order valence-corrected chi connectivity index (χ3v) is 4.07. The minimum atomic E-state index is -1.08. The van der Waals surface area contributed by atoms with Crippen LogP contribution in [0.2, 0.25) is 0 Å². The lowest BCUT2D eigenvalue weighted by Gasteiger charge is -2.17. The standard InChI is InChI=1S/C22H24N2O6/c1-14(23-20(26)13-29-19-7-5-4-6-8-19)22(28)30-16(3)21(27)24-18-11-9-17(10-12-18)15(2)25/h4-12,14,16H,13H2,1-3H3,(H,23,26)(H,24,27)/t14-,16+/m0/s1. The first-order chi connectivity index (χ1) is 14.3. The highest BCUT2D eigenvalue weighted by Gasteiger charge is 2.23. The average Bonchev–Trinajstić information content (AvgIpc) is 2.73. The van der Waals surface area contributed by atoms with Crippen LogP contribution in [0.4, 0.5) is 5.69 Å². The molecule has 0 saturated carbocycles. The predicted octanol–water partition coefficient (Wildman–Crippen LogP) is 2.34. The number of amides is 2. The largest absolute Gasteiger partial charge is 0.484 e. The first-order valence-electron chi connectivity index (χ1n) is 9.36. The molecule has 2 rings (SSSR count). The third kappa shape index (κ3) is 7.05. The van der Waals surface area contributed by atoms with E-state index in [9.17, 15) is 19.2 Å². The number of Topliss-reactive ketones (excluding diaryl/α,β-unsaturated/α-hetero) is 1. The molecule has 0 saturated heterocycles. The summed E-state index contributed by atoms with van der Waals surface area (Å²) in [4.78, 5) is 47.6. The lowest BCUT2D eigenvalue weighted by atomic mass is 10.1. The number of ketones is 1. The SMILES string of the molecule is CC(=O)c1ccc(NC(=O)[C@@H](C)OC(=O)[C@H](C)NC(=O)COc2ccccc2)cc1. The van der Waals surface area contributed by atoms with Gasteiger partial charge in [0.15, 0.2) is 18.5 Å². The highest BCUT2D eigenvalue weighted by Crippen LogP contribution is 2.11. The molecule has 0 unspecified atom stereocenters. The van der Waals surface area contributed by atoms with Crippen LogP contribution in [-0.2, 0) is 19.1 Å². The molecule has 2 atom stereocenters. The Hall–Kier alpha value is -3.68. The number of para-hydroxylation sites is 1. The fourth-order valence-corrected chi connectivity index (χ4v) is 2.37. The molecule has 0 bridgehead atoms. The van der Waals surface area contributed by atoms with Crippen molar-refractivity contribution >= 4 is 29.3 Å². The van der Waals surface area contributed by atoms with Crippen LogP contribution >= 0.6 is 0 Å². The van der Waals surface area contributed by atoms with Crippen molar-refractivity contribution in [3.63, 3.8) is 0 Å². The van der Waals surface area contributed by atoms with E-state index in [0.717, 1.165) is 0 Å². The number of nitrogens with one attached hydrogen (secondary N) is 2. The molecular formula is C22H24N2O6. The summed E-state index contributed by atoms with van der Waals surface area (Å²) in [5.41, 5.74) is 0.987. The Kier molecular flexibility index (Phi) is 8.10. The van der Waals surface area contributed by atoms with E-state index < -0.39 is 29.9 Å². The van der Waals surface area contributed by atoms with Gasteiger partial charge in [0.2, 0.25) is 0 Å². The van der Waals surface area contributed by atoms with Gasteiger partial charge in [0.25, 0.3) is 11.8 Å². The zero-order valence-corrected chi connectivity index (χ0v) is 17.0. The highest BCUT2D eigenvalue weighted by molar-refractivity contribution is 5.97. The molecule has 2 aromatic carbocycles. The molecule has 0 radical (unpaired) electrons. The zero-order chi connectivity index (χ0) is 22.1. The van der Waals surface area contributed by atoms with Crippen LogP contribution in [0.25, 0.3) is 0 Å². The minimum Gasteiger partial charge on any atom is -0.484 e. The van der Waals surface area contributed by atoms with Gasteiger partial charge >= 0.3 is 5.97 Å². The number of hydrogen-bond donors (Lipinski definition) is 2. The molecule has 0 heterocycles. The lowest BCUT2D eigenvalue weighted by Crippen LogP contribution is -2.44. The lowest BCUT2D eigenvalue weighted by molar-refractivity contribution is -0.155. The van der Waals surface area contributed by atoms with Gasteiger partial charge in [-0.05, 0) is 57.2 Å². The fraction of sp³-hybridized carbons (Fsp3) is 0.273. The molecule has 0 fully saturated rings. The van der Waals surface area contributed by atoms with Crippen LogP contribution in [-0.4, -0.2) is 42.3 Å². The molecule has 2 aromatic rings. The van der Waals surface area contributed by atoms with Crippen molar-refractivity contribution in [3.8, 4) is 5.75 Å². The summed E-state index contributed by atoms with van der Waals surface area (Å²) in [6.45, 7) is 4.06. The predicted molar refractivity (Wildman–Crippen MR) is 110 cm³/mol. The Morgan fingerprint density at radius 1 is 0.933 bits per heavy atom. The molecule has 8 heteroatoms. The molecule has 2 N–H and O–H groups in total. The van der Waals surface area contributed by atoms with Crippen molar-refractivity contribution in [1.82, 2.24) is 5.32 Å². The van der Waals surface area contributed by atoms with Crippen LogP contribution in [0.15, 0.2) is 54.6 Å². The van der Waals surface area contributed by atoms with E-state index in [2.05, 4.69) is 10.6 Å². The van der Waals surface area contributed by atoms with Crippen LogP contribution < -0.4 is 15.4 Å². The van der Waals surface area contributed by atoms with Crippen LogP contribution in [0.5, 0.6) is 5.75 Å². The van der Waals surface area contributed by atoms with Crippen molar-refractivity contribution in [1.29, 1.82) is 0 Å². The molecule has 0 aliphatic rings. The summed E-state index contributed by atoms with van der Waals surface area (Å²) in [5.74, 6) is -1.33. The van der Waals surface area contributed by atoms with E-state index in [1.54, 1.807) is 48.5 Å². The van der Waals surface area contributed by atoms with E-state index in [1.165, 1.54) is 20.8 Å². The second-order valence-corrected chi connectivity index (χ2v) is 6.59. The zero-order valence-electron chi connectivity index (χ0n) is 17.0. The number of esters is 1. The Bertz CT molecular complexity index is 896. The Labute approximate surface area is 174 Å². The second-order valence-electron chi connectivity index (χ2n) is 6.59. The maximum Gasteiger partial charge on any atom is 0.329 e. The average molecular weight is 412 g/mol. The summed E-state index contributed by atoms with van der Waals surface area (Å²) < 4.78 is 10.4. The number of anilines is 1. The van der Waals surface area contributed by atoms with Gasteiger partial charge in [-0.15, -0.1) is 0 Å². The van der Waals surface area contributed by atoms with Crippen molar-refractivity contribution in [2.24, 2.45) is 0 Å². The number of carbonyl (C=O) groups is 4. The van der Waals surface area contributed by atoms with Gasteiger partial charge in [-0.3, -0.25) is 14.4 Å². The maximum absolute atomic E-state index is 12.2. The molecule has 0 spiro atoms. The normalized spacial score (nSPS) is 12.2. The first-order valence-corrected chi connectivity index (χ1v) is 9.36. The topological polar surface area (TPSA) is 111 Å². The van der Waals surface area contributed by atoms with E-state index in [1.807, 2.05) is 6.07 Å². The minimum absolute atomic E-state index is 0.0830. The van der Waals surface area contributed by atoms with E-state index in [0.29, 0.717) is 17.0 Å². The Balaban J connectivity index is 1.78. The molecule has 0 aromatic heterocycles. The van der Waals surface area contributed by atoms with E-state index in [4.69, 9.17) is 9.47 Å². The van der Waals surface area contributed by atoms with Crippen molar-refractivity contribution in [3.05, 3.63) is 60.2 Å². The molecule has 30 heavy (non-hydrogen) atoms. The van der Waals surface area contributed by atoms with Crippen molar-refractivity contribution in [2.45, 2.75) is 32.9 Å². The van der Waals surface area contributed by atoms with Crippen LogP contribution in [0.3, 0.4) is 0 Å². The molecule has 8 nitrogen and oxygen atoms in total. The first kappa shape index (κ1) is 22.6. The quantitative estimate of drug-likeness (QED) is 0.483. The van der Waals surface area contributed by atoms with Crippen molar-refractivity contribution < 1.29 is 28.7 Å². The molecular weight excluding hydrogens is 388 g/mol. The van der Waals surface area contributed by atoms with Crippen LogP contribution in [0, 0.1) is 0 Å². The van der Waals surface area contributed by atoms with Crippen molar-refractivity contribution in [2.75, 3.05) is 11.9 Å². The molecule has 0 aliphatic heterocycles. The summed E-state index contributed by atoms with van der Waals surface area (Å²) in [6, 6.07) is 14.2. The van der Waals surface area contributed by atoms with Gasteiger partial charge < -0.3 is 20.1 Å². The van der Waals surface area contributed by atoms with Gasteiger partial charge in [0, 0.05) is 11.3 Å². The molecule has 0 aliphatic carbocycles. The Morgan fingerprint density at radius 2 is 1.57 bits per heavy atom. The Morgan fingerprint density at radius 3 is 2.17 bits per heavy atom. The number of benzene rings is 2. The molecule has 2 amide bonds. The van der Waals surface area contributed by atoms with Gasteiger partial charge in [0.1, 0.15) is 11.8 Å². The van der Waals surface area contributed by atoms with E-state index >= 15 is 0 Å². The number of rotatable bonds is 9. The summed E-state index contributed by atoms with van der Waals surface area (Å²) in [6.07, 6.45) is -1.08. The monoisotopic (exact) mass is 412 g/mol. The van der Waals surface area contributed by atoms with E-state index in [-0.39, 0.29) is 12.4 Å². The smallest absolute Gasteiger partial charge is 0.329 e. The number of carbonyl (C=O) groups excluding carboxylic acids is 4. The fourth-order valence-electron chi connectivity index (χ4n) is 2.37. The van der Waals surface area contributed by atoms with Gasteiger partial charge in [-0.2, -0.15) is 0 Å². The summed E-state index contributed by atoms with van der Waals surface area (Å²) in [5, 5.41) is 5.06. The van der Waals surface area contributed by atoms with Gasteiger partial charge in [0.05, 0.1) is 0 Å². The van der Waals surface area contributed by atoms with Crippen LogP contribution in [0.1, 0.15) is 31.1 Å². The highest BCUT2D eigenvalue weighted by atomic mass is 16.5. The maximum atomic E-state index is 12.2. The summed E-state index contributed by atoms with van der Waals surface area (Å²) >= 11 is 0. The number of ether oxygens (including phenoxy) is 2. The summed E-state index contributed by atoms with van der Waals surface area (Å²) in [7, 11) is 0. The molecule has 158 valence electrons. The van der Waals surface area contributed by atoms with Gasteiger partial charge in [-0.25, -0.2) is 4.79 Å². The number of hydrogen-bond acceptors (Lipinski definition) is 6. The third-order valence-electron chi connectivity index (χ3n) is 4.07.